The second-order valence-electron chi connectivity index (χ2n) is 4.26. The number of methoxy groups -OCH3 is 1. The third-order valence-corrected chi connectivity index (χ3v) is 2.29. The van der Waals surface area contributed by atoms with Gasteiger partial charge in [-0.1, -0.05) is 13.8 Å². The highest BCUT2D eigenvalue weighted by Gasteiger charge is 2.15. The van der Waals surface area contributed by atoms with Gasteiger partial charge >= 0.3 is 0 Å². The average molecular weight is 217 g/mol. The van der Waals surface area contributed by atoms with Gasteiger partial charge in [0.2, 0.25) is 5.91 Å². The largest absolute Gasteiger partial charge is 0.393 e. The zero-order valence-corrected chi connectivity index (χ0v) is 10.1. The number of rotatable bonds is 7. The van der Waals surface area contributed by atoms with Crippen molar-refractivity contribution in [2.24, 2.45) is 5.92 Å². The molecule has 2 unspecified atom stereocenters. The molecular formula is C11H23NO3. The second kappa shape index (κ2) is 7.65. The molecule has 4 nitrogen and oxygen atoms in total. The van der Waals surface area contributed by atoms with E-state index < -0.39 is 6.10 Å². The number of carbonyl (C=O) groups excluding carboxylic acids is 1. The van der Waals surface area contributed by atoms with Gasteiger partial charge in [0.15, 0.2) is 0 Å². The van der Waals surface area contributed by atoms with Gasteiger partial charge in [0.25, 0.3) is 0 Å². The zero-order chi connectivity index (χ0) is 11.8. The summed E-state index contributed by atoms with van der Waals surface area (Å²) in [4.78, 5) is 11.5. The smallest absolute Gasteiger partial charge is 0.220 e. The molecule has 0 fully saturated rings. The van der Waals surface area contributed by atoms with Crippen molar-refractivity contribution in [3.63, 3.8) is 0 Å². The molecule has 2 N–H and O–H groups in total. The fourth-order valence-corrected chi connectivity index (χ4v) is 1.20. The van der Waals surface area contributed by atoms with E-state index in [1.165, 1.54) is 0 Å². The van der Waals surface area contributed by atoms with Gasteiger partial charge in [0, 0.05) is 13.5 Å². The quantitative estimate of drug-likeness (QED) is 0.667. The summed E-state index contributed by atoms with van der Waals surface area (Å²) in [6.07, 6.45) is 0.449. The van der Waals surface area contributed by atoms with E-state index in [0.29, 0.717) is 25.4 Å². The van der Waals surface area contributed by atoms with Crippen molar-refractivity contribution in [2.75, 3.05) is 13.7 Å². The van der Waals surface area contributed by atoms with Crippen LogP contribution in [0.15, 0.2) is 0 Å². The summed E-state index contributed by atoms with van der Waals surface area (Å²) < 4.78 is 5.03. The number of hydrogen-bond donors (Lipinski definition) is 2. The third kappa shape index (κ3) is 7.33. The number of aliphatic hydroxyl groups is 1. The van der Waals surface area contributed by atoms with Gasteiger partial charge in [0.05, 0.1) is 18.8 Å². The zero-order valence-electron chi connectivity index (χ0n) is 10.1. The van der Waals surface area contributed by atoms with Crippen molar-refractivity contribution in [1.29, 1.82) is 0 Å². The van der Waals surface area contributed by atoms with Crippen molar-refractivity contribution < 1.29 is 14.6 Å². The number of aliphatic hydroxyl groups excluding tert-OH is 1. The van der Waals surface area contributed by atoms with E-state index in [2.05, 4.69) is 5.32 Å². The van der Waals surface area contributed by atoms with E-state index in [1.54, 1.807) is 14.0 Å². The Balaban J connectivity index is 3.89. The standard InChI is InChI=1S/C11H23NO3/c1-8(2)10(7-15-4)12-11(14)6-5-9(3)13/h8-10,13H,5-7H2,1-4H3,(H,12,14). The van der Waals surface area contributed by atoms with Crippen molar-refractivity contribution >= 4 is 5.91 Å². The highest BCUT2D eigenvalue weighted by atomic mass is 16.5. The topological polar surface area (TPSA) is 58.6 Å². The first-order chi connectivity index (χ1) is 6.97. The van der Waals surface area contributed by atoms with Crippen molar-refractivity contribution in [2.45, 2.75) is 45.8 Å². The van der Waals surface area contributed by atoms with Gasteiger partial charge in [-0.3, -0.25) is 4.79 Å². The van der Waals surface area contributed by atoms with Gasteiger partial charge in [-0.15, -0.1) is 0 Å². The normalized spacial score (nSPS) is 15.1. The molecule has 90 valence electrons. The summed E-state index contributed by atoms with van der Waals surface area (Å²) in [5.41, 5.74) is 0. The van der Waals surface area contributed by atoms with Gasteiger partial charge < -0.3 is 15.2 Å². The molecular weight excluding hydrogens is 194 g/mol. The van der Waals surface area contributed by atoms with Crippen LogP contribution in [-0.2, 0) is 9.53 Å². The summed E-state index contributed by atoms with van der Waals surface area (Å²) in [6, 6.07) is 0.0523. The maximum atomic E-state index is 11.5. The van der Waals surface area contributed by atoms with Crippen molar-refractivity contribution in [3.8, 4) is 0 Å². The Morgan fingerprint density at radius 1 is 1.40 bits per heavy atom. The van der Waals surface area contributed by atoms with E-state index in [4.69, 9.17) is 9.84 Å². The minimum atomic E-state index is -0.421. The lowest BCUT2D eigenvalue weighted by molar-refractivity contribution is -0.123. The Morgan fingerprint density at radius 3 is 2.40 bits per heavy atom. The molecule has 0 aromatic rings. The molecule has 0 aliphatic heterocycles. The molecule has 0 aliphatic rings. The Kier molecular flexibility index (Phi) is 7.34. The molecule has 0 saturated carbocycles. The molecule has 0 radical (unpaired) electrons. The van der Waals surface area contributed by atoms with Gasteiger partial charge in [-0.25, -0.2) is 0 Å². The number of nitrogens with one attached hydrogen (secondary N) is 1. The lowest BCUT2D eigenvalue weighted by Crippen LogP contribution is -2.41. The molecule has 0 heterocycles. The first kappa shape index (κ1) is 14.4. The van der Waals surface area contributed by atoms with Crippen molar-refractivity contribution in [1.82, 2.24) is 5.32 Å². The van der Waals surface area contributed by atoms with Crippen LogP contribution in [0.3, 0.4) is 0 Å². The van der Waals surface area contributed by atoms with E-state index >= 15 is 0 Å². The van der Waals surface area contributed by atoms with E-state index in [0.717, 1.165) is 0 Å². The highest BCUT2D eigenvalue weighted by molar-refractivity contribution is 5.76. The lowest BCUT2D eigenvalue weighted by atomic mass is 10.0. The van der Waals surface area contributed by atoms with Crippen LogP contribution in [0.2, 0.25) is 0 Å². The maximum Gasteiger partial charge on any atom is 0.220 e. The highest BCUT2D eigenvalue weighted by Crippen LogP contribution is 2.03. The molecule has 0 aromatic carbocycles. The Hall–Kier alpha value is -0.610. The Bertz CT molecular complexity index is 181. The number of ether oxygens (including phenoxy) is 1. The summed E-state index contributed by atoms with van der Waals surface area (Å²) in [6.45, 7) is 6.29. The first-order valence-electron chi connectivity index (χ1n) is 5.43. The van der Waals surface area contributed by atoms with Crippen LogP contribution in [0.4, 0.5) is 0 Å². The van der Waals surface area contributed by atoms with Crippen LogP contribution < -0.4 is 5.32 Å². The molecule has 0 aromatic heterocycles. The predicted molar refractivity (Wildman–Crippen MR) is 59.6 cm³/mol. The molecule has 1 amide bonds. The SMILES string of the molecule is COCC(NC(=O)CCC(C)O)C(C)C. The van der Waals surface area contributed by atoms with Gasteiger partial charge in [-0.2, -0.15) is 0 Å². The average Bonchev–Trinajstić information content (AvgIpc) is 2.14. The summed E-state index contributed by atoms with van der Waals surface area (Å²) in [5, 5.41) is 11.9. The van der Waals surface area contributed by atoms with E-state index in [9.17, 15) is 4.79 Å². The summed E-state index contributed by atoms with van der Waals surface area (Å²) >= 11 is 0. The molecule has 0 saturated heterocycles. The van der Waals surface area contributed by atoms with E-state index in [-0.39, 0.29) is 11.9 Å². The minimum Gasteiger partial charge on any atom is -0.393 e. The number of amides is 1. The predicted octanol–water partition coefficient (Wildman–Crippen LogP) is 0.935. The molecule has 4 heteroatoms. The van der Waals surface area contributed by atoms with Crippen LogP contribution in [0.25, 0.3) is 0 Å². The molecule has 0 aliphatic carbocycles. The van der Waals surface area contributed by atoms with Crippen LogP contribution in [-0.4, -0.2) is 36.9 Å². The Labute approximate surface area is 92.0 Å². The fraction of sp³-hybridized carbons (Fsp3) is 0.909. The molecule has 0 spiro atoms. The summed E-state index contributed by atoms with van der Waals surface area (Å²) in [7, 11) is 1.62. The van der Waals surface area contributed by atoms with Crippen LogP contribution >= 0.6 is 0 Å². The second-order valence-corrected chi connectivity index (χ2v) is 4.26. The van der Waals surface area contributed by atoms with Crippen molar-refractivity contribution in [3.05, 3.63) is 0 Å². The fourth-order valence-electron chi connectivity index (χ4n) is 1.20. The molecule has 0 bridgehead atoms. The third-order valence-electron chi connectivity index (χ3n) is 2.29. The summed E-state index contributed by atoms with van der Waals surface area (Å²) in [5.74, 6) is 0.326. The van der Waals surface area contributed by atoms with Gasteiger partial charge in [-0.05, 0) is 19.3 Å². The monoisotopic (exact) mass is 217 g/mol. The van der Waals surface area contributed by atoms with Crippen LogP contribution in [0.1, 0.15) is 33.6 Å². The minimum absolute atomic E-state index is 0.0216. The maximum absolute atomic E-state index is 11.5. The first-order valence-corrected chi connectivity index (χ1v) is 5.43. The van der Waals surface area contributed by atoms with Gasteiger partial charge in [0.1, 0.15) is 0 Å². The van der Waals surface area contributed by atoms with E-state index in [1.807, 2.05) is 13.8 Å². The molecule has 2 atom stereocenters. The van der Waals surface area contributed by atoms with Crippen LogP contribution in [0, 0.1) is 5.92 Å². The molecule has 15 heavy (non-hydrogen) atoms. The lowest BCUT2D eigenvalue weighted by Gasteiger charge is -2.21. The number of hydrogen-bond acceptors (Lipinski definition) is 3. The van der Waals surface area contributed by atoms with Crippen LogP contribution in [0.5, 0.6) is 0 Å². The molecule has 0 rings (SSSR count). The Morgan fingerprint density at radius 2 is 2.00 bits per heavy atom. The number of carbonyl (C=O) groups is 1.